The maximum atomic E-state index is 13.4. The normalized spacial score (nSPS) is 20.3. The first kappa shape index (κ1) is 16.6. The zero-order chi connectivity index (χ0) is 16.9. The number of halogens is 1. The highest BCUT2D eigenvalue weighted by Crippen LogP contribution is 2.32. The van der Waals surface area contributed by atoms with E-state index in [0.717, 1.165) is 5.56 Å². The van der Waals surface area contributed by atoms with Crippen molar-refractivity contribution in [1.29, 1.82) is 0 Å². The highest BCUT2D eigenvalue weighted by atomic mass is 19.1. The molecule has 1 aliphatic rings. The second-order valence-electron chi connectivity index (χ2n) is 5.98. The molecule has 5 heteroatoms. The summed E-state index contributed by atoms with van der Waals surface area (Å²) in [6.45, 7) is 0.537. The van der Waals surface area contributed by atoms with Crippen LogP contribution in [0.5, 0.6) is 0 Å². The SMILES string of the molecule is O=C(COCc1ccccc1)N1C[C@@H](O)C[C@@H]1c1cccc(F)c1. The van der Waals surface area contributed by atoms with E-state index in [1.54, 1.807) is 17.0 Å². The number of amides is 1. The predicted octanol–water partition coefficient (Wildman–Crippen LogP) is 2.68. The Balaban J connectivity index is 1.62. The summed E-state index contributed by atoms with van der Waals surface area (Å²) in [6, 6.07) is 15.5. The van der Waals surface area contributed by atoms with Crippen LogP contribution in [0.2, 0.25) is 0 Å². The number of carbonyl (C=O) groups is 1. The number of carbonyl (C=O) groups excluding carboxylic acids is 1. The van der Waals surface area contributed by atoms with Crippen molar-refractivity contribution in [2.75, 3.05) is 13.2 Å². The molecule has 1 heterocycles. The van der Waals surface area contributed by atoms with E-state index in [2.05, 4.69) is 0 Å². The molecule has 0 saturated carbocycles. The summed E-state index contributed by atoms with van der Waals surface area (Å²) in [5.41, 5.74) is 1.69. The number of hydrogen-bond donors (Lipinski definition) is 1. The van der Waals surface area contributed by atoms with Crippen LogP contribution in [0.1, 0.15) is 23.6 Å². The monoisotopic (exact) mass is 329 g/mol. The van der Waals surface area contributed by atoms with Gasteiger partial charge in [-0.15, -0.1) is 0 Å². The first-order valence-electron chi connectivity index (χ1n) is 7.98. The van der Waals surface area contributed by atoms with Crippen LogP contribution >= 0.6 is 0 Å². The van der Waals surface area contributed by atoms with Crippen LogP contribution in [0.15, 0.2) is 54.6 Å². The topological polar surface area (TPSA) is 49.8 Å². The van der Waals surface area contributed by atoms with Crippen LogP contribution < -0.4 is 0 Å². The summed E-state index contributed by atoms with van der Waals surface area (Å²) in [4.78, 5) is 14.0. The number of benzene rings is 2. The minimum atomic E-state index is -0.601. The molecule has 126 valence electrons. The number of aliphatic hydroxyl groups excluding tert-OH is 1. The fourth-order valence-electron chi connectivity index (χ4n) is 3.03. The molecule has 0 aliphatic carbocycles. The van der Waals surface area contributed by atoms with E-state index in [4.69, 9.17) is 4.74 Å². The smallest absolute Gasteiger partial charge is 0.249 e. The van der Waals surface area contributed by atoms with E-state index in [1.807, 2.05) is 30.3 Å². The lowest BCUT2D eigenvalue weighted by molar-refractivity contribution is -0.137. The molecule has 3 rings (SSSR count). The van der Waals surface area contributed by atoms with E-state index >= 15 is 0 Å². The summed E-state index contributed by atoms with van der Waals surface area (Å²) in [5.74, 6) is -0.543. The minimum absolute atomic E-state index is 0.0621. The van der Waals surface area contributed by atoms with E-state index in [0.29, 0.717) is 18.6 Å². The van der Waals surface area contributed by atoms with Gasteiger partial charge in [0.1, 0.15) is 12.4 Å². The third kappa shape index (κ3) is 3.99. The number of ether oxygens (including phenoxy) is 1. The fourth-order valence-corrected chi connectivity index (χ4v) is 3.03. The van der Waals surface area contributed by atoms with Crippen molar-refractivity contribution in [2.45, 2.75) is 25.2 Å². The zero-order valence-corrected chi connectivity index (χ0v) is 13.3. The van der Waals surface area contributed by atoms with Crippen molar-refractivity contribution in [2.24, 2.45) is 0 Å². The van der Waals surface area contributed by atoms with Gasteiger partial charge in [0, 0.05) is 6.54 Å². The van der Waals surface area contributed by atoms with E-state index in [-0.39, 0.29) is 30.9 Å². The number of nitrogens with zero attached hydrogens (tertiary/aromatic N) is 1. The lowest BCUT2D eigenvalue weighted by Crippen LogP contribution is -2.34. The van der Waals surface area contributed by atoms with Gasteiger partial charge in [-0.05, 0) is 29.7 Å². The molecule has 0 aromatic heterocycles. The van der Waals surface area contributed by atoms with Crippen molar-refractivity contribution >= 4 is 5.91 Å². The molecule has 1 fully saturated rings. The molecule has 4 nitrogen and oxygen atoms in total. The second-order valence-corrected chi connectivity index (χ2v) is 5.98. The standard InChI is InChI=1S/C19H20FNO3/c20-16-8-4-7-15(9-16)18-10-17(22)11-21(18)19(23)13-24-12-14-5-2-1-3-6-14/h1-9,17-18,22H,10-13H2/t17-,18+/m0/s1. The second kappa shape index (κ2) is 7.55. The summed E-state index contributed by atoms with van der Waals surface area (Å²) in [7, 11) is 0. The zero-order valence-electron chi connectivity index (χ0n) is 13.3. The van der Waals surface area contributed by atoms with Gasteiger partial charge in [0.25, 0.3) is 0 Å². The van der Waals surface area contributed by atoms with Crippen LogP contribution in [-0.2, 0) is 16.1 Å². The van der Waals surface area contributed by atoms with Crippen molar-refractivity contribution in [1.82, 2.24) is 4.90 Å². The van der Waals surface area contributed by atoms with Crippen LogP contribution in [0, 0.1) is 5.82 Å². The Hall–Kier alpha value is -2.24. The lowest BCUT2D eigenvalue weighted by atomic mass is 10.0. The third-order valence-corrected chi connectivity index (χ3v) is 4.17. The van der Waals surface area contributed by atoms with Gasteiger partial charge in [0.2, 0.25) is 5.91 Å². The summed E-state index contributed by atoms with van der Waals surface area (Å²) in [5, 5.41) is 9.92. The van der Waals surface area contributed by atoms with Gasteiger partial charge in [-0.25, -0.2) is 4.39 Å². The molecule has 1 N–H and O–H groups in total. The Morgan fingerprint density at radius 2 is 2.00 bits per heavy atom. The van der Waals surface area contributed by atoms with Crippen molar-refractivity contribution in [3.63, 3.8) is 0 Å². The van der Waals surface area contributed by atoms with Gasteiger partial charge in [-0.1, -0.05) is 42.5 Å². The van der Waals surface area contributed by atoms with Crippen LogP contribution in [0.4, 0.5) is 4.39 Å². The summed E-state index contributed by atoms with van der Waals surface area (Å²) < 4.78 is 18.9. The third-order valence-electron chi connectivity index (χ3n) is 4.17. The highest BCUT2D eigenvalue weighted by Gasteiger charge is 2.35. The predicted molar refractivity (Wildman–Crippen MR) is 87.6 cm³/mol. The van der Waals surface area contributed by atoms with E-state index in [9.17, 15) is 14.3 Å². The van der Waals surface area contributed by atoms with Gasteiger partial charge in [-0.2, -0.15) is 0 Å². The average molecular weight is 329 g/mol. The fraction of sp³-hybridized carbons (Fsp3) is 0.316. The van der Waals surface area contributed by atoms with Crippen LogP contribution in [0.3, 0.4) is 0 Å². The molecule has 1 saturated heterocycles. The van der Waals surface area contributed by atoms with Gasteiger partial charge in [-0.3, -0.25) is 4.79 Å². The summed E-state index contributed by atoms with van der Waals surface area (Å²) >= 11 is 0. The minimum Gasteiger partial charge on any atom is -0.391 e. The number of rotatable bonds is 5. The Labute approximate surface area is 140 Å². The number of aliphatic hydroxyl groups is 1. The molecule has 0 radical (unpaired) electrons. The number of hydrogen-bond acceptors (Lipinski definition) is 3. The maximum absolute atomic E-state index is 13.4. The number of likely N-dealkylation sites (tertiary alicyclic amines) is 1. The molecule has 0 bridgehead atoms. The molecule has 24 heavy (non-hydrogen) atoms. The highest BCUT2D eigenvalue weighted by molar-refractivity contribution is 5.78. The Morgan fingerprint density at radius 3 is 2.75 bits per heavy atom. The number of β-amino-alcohol motifs (C(OH)–C–C–N with tert-alkyl or cyclic N) is 1. The van der Waals surface area contributed by atoms with Crippen LogP contribution in [-0.4, -0.2) is 35.2 Å². The van der Waals surface area contributed by atoms with Crippen molar-refractivity contribution < 1.29 is 19.0 Å². The van der Waals surface area contributed by atoms with Gasteiger partial charge in [0.05, 0.1) is 18.8 Å². The molecule has 2 aromatic carbocycles. The van der Waals surface area contributed by atoms with Crippen molar-refractivity contribution in [3.05, 3.63) is 71.5 Å². The van der Waals surface area contributed by atoms with E-state index in [1.165, 1.54) is 12.1 Å². The average Bonchev–Trinajstić information content (AvgIpc) is 2.98. The quantitative estimate of drug-likeness (QED) is 0.917. The maximum Gasteiger partial charge on any atom is 0.249 e. The summed E-state index contributed by atoms with van der Waals surface area (Å²) in [6.07, 6.45) is -0.190. The first-order chi connectivity index (χ1) is 11.6. The van der Waals surface area contributed by atoms with Crippen molar-refractivity contribution in [3.8, 4) is 0 Å². The molecule has 2 atom stereocenters. The molecular formula is C19H20FNO3. The first-order valence-corrected chi connectivity index (χ1v) is 7.98. The van der Waals surface area contributed by atoms with E-state index < -0.39 is 6.10 Å². The van der Waals surface area contributed by atoms with Gasteiger partial charge in [0.15, 0.2) is 0 Å². The van der Waals surface area contributed by atoms with Crippen LogP contribution in [0.25, 0.3) is 0 Å². The molecule has 1 aliphatic heterocycles. The largest absolute Gasteiger partial charge is 0.391 e. The molecule has 0 spiro atoms. The lowest BCUT2D eigenvalue weighted by Gasteiger charge is -2.24. The van der Waals surface area contributed by atoms with Gasteiger partial charge < -0.3 is 14.7 Å². The Morgan fingerprint density at radius 1 is 1.21 bits per heavy atom. The Kier molecular flexibility index (Phi) is 5.23. The molecular weight excluding hydrogens is 309 g/mol. The Bertz CT molecular complexity index is 692. The van der Waals surface area contributed by atoms with Gasteiger partial charge >= 0.3 is 0 Å². The molecule has 1 amide bonds. The molecule has 0 unspecified atom stereocenters. The molecule has 2 aromatic rings.